The predicted molar refractivity (Wildman–Crippen MR) is 80.0 cm³/mol. The maximum atomic E-state index is 3.81. The molecule has 0 radical (unpaired) electrons. The summed E-state index contributed by atoms with van der Waals surface area (Å²) >= 11 is 0. The van der Waals surface area contributed by atoms with E-state index in [1.807, 2.05) is 6.08 Å². The highest BCUT2D eigenvalue weighted by atomic mass is 14.1. The number of rotatable bonds is 3. The predicted octanol–water partition coefficient (Wildman–Crippen LogP) is 5.11. The minimum Gasteiger partial charge on any atom is -0.103 e. The van der Waals surface area contributed by atoms with Gasteiger partial charge in [-0.1, -0.05) is 48.5 Å². The largest absolute Gasteiger partial charge is 0.103 e. The van der Waals surface area contributed by atoms with Gasteiger partial charge in [-0.3, -0.25) is 0 Å². The summed E-state index contributed by atoms with van der Waals surface area (Å²) < 4.78 is 0. The molecule has 0 amide bonds. The number of benzene rings is 3. The number of fused-ring (bicyclic) bond motifs is 2. The molecule has 3 aromatic carbocycles. The summed E-state index contributed by atoms with van der Waals surface area (Å²) in [7, 11) is 0. The van der Waals surface area contributed by atoms with Crippen LogP contribution in [0.5, 0.6) is 0 Å². The van der Waals surface area contributed by atoms with Gasteiger partial charge in [0.25, 0.3) is 0 Å². The minimum atomic E-state index is 1.03. The van der Waals surface area contributed by atoms with Crippen LogP contribution in [-0.2, 0) is 6.42 Å². The van der Waals surface area contributed by atoms with Crippen LogP contribution in [0.4, 0.5) is 0 Å². The standard InChI is InChI=1S/C18H16/c1-2-3-7-14-10-6-11-17-12-15-8-4-5-9-16(15)13-18(14)17/h2,4-6,8-13H,1,3,7H2. The Balaban J connectivity index is 2.25. The molecule has 0 heterocycles. The summed E-state index contributed by atoms with van der Waals surface area (Å²) in [6.45, 7) is 3.81. The van der Waals surface area contributed by atoms with Crippen molar-refractivity contribution in [2.75, 3.05) is 0 Å². The van der Waals surface area contributed by atoms with E-state index >= 15 is 0 Å². The van der Waals surface area contributed by atoms with Gasteiger partial charge in [0, 0.05) is 0 Å². The fraction of sp³-hybridized carbons (Fsp3) is 0.111. The van der Waals surface area contributed by atoms with Crippen molar-refractivity contribution in [1.29, 1.82) is 0 Å². The quantitative estimate of drug-likeness (QED) is 0.434. The molecule has 18 heavy (non-hydrogen) atoms. The first-order valence-electron chi connectivity index (χ1n) is 6.40. The second-order valence-corrected chi connectivity index (χ2v) is 4.66. The maximum Gasteiger partial charge on any atom is -0.0145 e. The average molecular weight is 232 g/mol. The van der Waals surface area contributed by atoms with E-state index in [1.165, 1.54) is 27.1 Å². The number of hydrogen-bond acceptors (Lipinski definition) is 0. The first kappa shape index (κ1) is 11.0. The molecule has 0 unspecified atom stereocenters. The third kappa shape index (κ3) is 1.91. The Morgan fingerprint density at radius 1 is 0.833 bits per heavy atom. The highest BCUT2D eigenvalue weighted by molar-refractivity contribution is 5.99. The van der Waals surface area contributed by atoms with E-state index in [9.17, 15) is 0 Å². The second-order valence-electron chi connectivity index (χ2n) is 4.66. The highest BCUT2D eigenvalue weighted by Gasteiger charge is 2.02. The van der Waals surface area contributed by atoms with Crippen LogP contribution in [0, 0.1) is 0 Å². The molecule has 0 spiro atoms. The lowest BCUT2D eigenvalue weighted by Gasteiger charge is -2.07. The third-order valence-electron chi connectivity index (χ3n) is 3.45. The molecule has 0 N–H and O–H groups in total. The Morgan fingerprint density at radius 3 is 2.33 bits per heavy atom. The van der Waals surface area contributed by atoms with Crippen molar-refractivity contribution in [2.24, 2.45) is 0 Å². The Bertz CT molecular complexity index is 707. The lowest BCUT2D eigenvalue weighted by Crippen LogP contribution is -1.86. The van der Waals surface area contributed by atoms with Crippen molar-refractivity contribution in [1.82, 2.24) is 0 Å². The molecular weight excluding hydrogens is 216 g/mol. The van der Waals surface area contributed by atoms with E-state index in [2.05, 4.69) is 61.2 Å². The zero-order chi connectivity index (χ0) is 12.4. The molecule has 0 saturated heterocycles. The number of hydrogen-bond donors (Lipinski definition) is 0. The molecule has 0 aromatic heterocycles. The zero-order valence-electron chi connectivity index (χ0n) is 10.4. The summed E-state index contributed by atoms with van der Waals surface area (Å²) in [5, 5.41) is 5.33. The van der Waals surface area contributed by atoms with Crippen molar-refractivity contribution in [2.45, 2.75) is 12.8 Å². The lowest BCUT2D eigenvalue weighted by atomic mass is 9.97. The summed E-state index contributed by atoms with van der Waals surface area (Å²) in [5.74, 6) is 0. The van der Waals surface area contributed by atoms with E-state index in [0.29, 0.717) is 0 Å². The Morgan fingerprint density at radius 2 is 1.56 bits per heavy atom. The first-order valence-corrected chi connectivity index (χ1v) is 6.40. The van der Waals surface area contributed by atoms with E-state index in [1.54, 1.807) is 0 Å². The number of aryl methyl sites for hydroxylation is 1. The molecule has 0 saturated carbocycles. The van der Waals surface area contributed by atoms with Gasteiger partial charge in [-0.2, -0.15) is 0 Å². The highest BCUT2D eigenvalue weighted by Crippen LogP contribution is 2.26. The molecule has 0 heteroatoms. The van der Waals surface area contributed by atoms with Crippen LogP contribution in [0.2, 0.25) is 0 Å². The smallest absolute Gasteiger partial charge is 0.0145 e. The first-order chi connectivity index (χ1) is 8.88. The Labute approximate surface area is 108 Å². The summed E-state index contributed by atoms with van der Waals surface area (Å²) in [6.07, 6.45) is 4.09. The molecule has 88 valence electrons. The topological polar surface area (TPSA) is 0 Å². The van der Waals surface area contributed by atoms with E-state index < -0.39 is 0 Å². The average Bonchev–Trinajstić information content (AvgIpc) is 2.43. The van der Waals surface area contributed by atoms with Gasteiger partial charge in [0.15, 0.2) is 0 Å². The molecule has 0 aliphatic rings. The lowest BCUT2D eigenvalue weighted by molar-refractivity contribution is 1.02. The molecule has 0 fully saturated rings. The molecule has 0 nitrogen and oxygen atoms in total. The Hall–Kier alpha value is -2.08. The summed E-state index contributed by atoms with van der Waals surface area (Å²) in [6, 6.07) is 19.7. The fourth-order valence-electron chi connectivity index (χ4n) is 2.51. The minimum absolute atomic E-state index is 1.03. The molecule has 3 aromatic rings. The number of allylic oxidation sites excluding steroid dienone is 1. The van der Waals surface area contributed by atoms with Crippen molar-refractivity contribution in [3.05, 3.63) is 72.8 Å². The monoisotopic (exact) mass is 232 g/mol. The van der Waals surface area contributed by atoms with Crippen molar-refractivity contribution in [3.63, 3.8) is 0 Å². The molecule has 0 bridgehead atoms. The van der Waals surface area contributed by atoms with Gasteiger partial charge in [-0.05, 0) is 52.1 Å². The van der Waals surface area contributed by atoms with E-state index in [0.717, 1.165) is 12.8 Å². The van der Waals surface area contributed by atoms with Crippen LogP contribution in [0.1, 0.15) is 12.0 Å². The molecule has 0 aliphatic carbocycles. The summed E-state index contributed by atoms with van der Waals surface area (Å²) in [4.78, 5) is 0. The SMILES string of the molecule is C=CCCc1cccc2cc3ccccc3cc12. The van der Waals surface area contributed by atoms with Gasteiger partial charge in [0.2, 0.25) is 0 Å². The van der Waals surface area contributed by atoms with Gasteiger partial charge in [0.1, 0.15) is 0 Å². The third-order valence-corrected chi connectivity index (χ3v) is 3.45. The van der Waals surface area contributed by atoms with Crippen LogP contribution in [0.15, 0.2) is 67.3 Å². The van der Waals surface area contributed by atoms with Crippen LogP contribution in [0.3, 0.4) is 0 Å². The van der Waals surface area contributed by atoms with Gasteiger partial charge >= 0.3 is 0 Å². The fourth-order valence-corrected chi connectivity index (χ4v) is 2.51. The molecular formula is C18H16. The van der Waals surface area contributed by atoms with E-state index in [-0.39, 0.29) is 0 Å². The van der Waals surface area contributed by atoms with Crippen LogP contribution in [-0.4, -0.2) is 0 Å². The molecule has 0 atom stereocenters. The van der Waals surface area contributed by atoms with Gasteiger partial charge in [-0.15, -0.1) is 6.58 Å². The van der Waals surface area contributed by atoms with Crippen LogP contribution < -0.4 is 0 Å². The van der Waals surface area contributed by atoms with Crippen molar-refractivity contribution < 1.29 is 0 Å². The zero-order valence-corrected chi connectivity index (χ0v) is 10.4. The van der Waals surface area contributed by atoms with Crippen LogP contribution >= 0.6 is 0 Å². The normalized spacial score (nSPS) is 10.9. The molecule has 0 aliphatic heterocycles. The Kier molecular flexibility index (Phi) is 2.85. The van der Waals surface area contributed by atoms with Crippen molar-refractivity contribution >= 4 is 21.5 Å². The molecule has 3 rings (SSSR count). The van der Waals surface area contributed by atoms with Gasteiger partial charge < -0.3 is 0 Å². The van der Waals surface area contributed by atoms with Crippen LogP contribution in [0.25, 0.3) is 21.5 Å². The van der Waals surface area contributed by atoms with Gasteiger partial charge in [-0.25, -0.2) is 0 Å². The second kappa shape index (κ2) is 4.66. The van der Waals surface area contributed by atoms with E-state index in [4.69, 9.17) is 0 Å². The van der Waals surface area contributed by atoms with Gasteiger partial charge in [0.05, 0.1) is 0 Å². The van der Waals surface area contributed by atoms with Crippen molar-refractivity contribution in [3.8, 4) is 0 Å². The maximum absolute atomic E-state index is 3.81. The summed E-state index contributed by atoms with van der Waals surface area (Å²) in [5.41, 5.74) is 1.41.